The number of aliphatic hydroxyl groups excluding tert-OH is 1. The third kappa shape index (κ3) is 5.20. The van der Waals surface area contributed by atoms with Gasteiger partial charge < -0.3 is 9.66 Å². The molecule has 0 aliphatic heterocycles. The van der Waals surface area contributed by atoms with Crippen molar-refractivity contribution in [2.45, 2.75) is 19.4 Å². The van der Waals surface area contributed by atoms with Crippen molar-refractivity contribution in [3.8, 4) is 0 Å². The van der Waals surface area contributed by atoms with Crippen LogP contribution < -0.4 is 4.57 Å². The van der Waals surface area contributed by atoms with Crippen molar-refractivity contribution in [1.82, 2.24) is 0 Å². The summed E-state index contributed by atoms with van der Waals surface area (Å²) in [4.78, 5) is 0. The Labute approximate surface area is 95.1 Å². The zero-order valence-corrected chi connectivity index (χ0v) is 9.69. The minimum Gasteiger partial charge on any atom is -0.748 e. The Morgan fingerprint density at radius 2 is 1.94 bits per heavy atom. The molecule has 1 N–H and O–H groups in total. The van der Waals surface area contributed by atoms with Crippen LogP contribution in [0.5, 0.6) is 0 Å². The second-order valence-corrected chi connectivity index (χ2v) is 5.06. The van der Waals surface area contributed by atoms with Gasteiger partial charge in [0, 0.05) is 30.9 Å². The predicted octanol–water partition coefficient (Wildman–Crippen LogP) is -0.556. The van der Waals surface area contributed by atoms with Crippen molar-refractivity contribution in [2.75, 3.05) is 12.4 Å². The molecular weight excluding hydrogens is 230 g/mol. The van der Waals surface area contributed by atoms with Crippen molar-refractivity contribution >= 4 is 10.1 Å². The number of pyridine rings is 1. The van der Waals surface area contributed by atoms with E-state index >= 15 is 0 Å². The molecule has 1 heterocycles. The monoisotopic (exact) mass is 245 g/mol. The molecule has 5 nitrogen and oxygen atoms in total. The van der Waals surface area contributed by atoms with E-state index < -0.39 is 10.1 Å². The van der Waals surface area contributed by atoms with Crippen molar-refractivity contribution in [2.24, 2.45) is 0 Å². The van der Waals surface area contributed by atoms with Gasteiger partial charge in [0.15, 0.2) is 18.9 Å². The van der Waals surface area contributed by atoms with Gasteiger partial charge in [0.25, 0.3) is 0 Å². The van der Waals surface area contributed by atoms with E-state index in [1.54, 1.807) is 12.1 Å². The third-order valence-electron chi connectivity index (χ3n) is 2.18. The minimum atomic E-state index is -4.14. The Kier molecular flexibility index (Phi) is 4.85. The van der Waals surface area contributed by atoms with Crippen molar-refractivity contribution in [3.63, 3.8) is 0 Å². The fraction of sp³-hybridized carbons (Fsp3) is 0.500. The predicted molar refractivity (Wildman–Crippen MR) is 56.6 cm³/mol. The molecule has 0 bridgehead atoms. The molecule has 6 heteroatoms. The van der Waals surface area contributed by atoms with Crippen LogP contribution in [0.3, 0.4) is 0 Å². The molecule has 0 aliphatic rings. The maximum absolute atomic E-state index is 10.4. The van der Waals surface area contributed by atoms with Gasteiger partial charge in [0.05, 0.1) is 10.1 Å². The van der Waals surface area contributed by atoms with Crippen LogP contribution in [-0.4, -0.2) is 30.4 Å². The van der Waals surface area contributed by atoms with E-state index in [4.69, 9.17) is 5.11 Å². The quantitative estimate of drug-likeness (QED) is 0.538. The molecule has 1 rings (SSSR count). The largest absolute Gasteiger partial charge is 0.748 e. The van der Waals surface area contributed by atoms with Crippen LogP contribution >= 0.6 is 0 Å². The molecule has 0 atom stereocenters. The lowest BCUT2D eigenvalue weighted by Gasteiger charge is -2.05. The summed E-state index contributed by atoms with van der Waals surface area (Å²) in [6.07, 6.45) is 4.54. The van der Waals surface area contributed by atoms with Gasteiger partial charge in [-0.2, -0.15) is 0 Å². The Morgan fingerprint density at radius 3 is 2.44 bits per heavy atom. The fourth-order valence-electron chi connectivity index (χ4n) is 1.30. The Bertz CT molecular complexity index is 413. The lowest BCUT2D eigenvalue weighted by molar-refractivity contribution is -0.697. The molecule has 0 saturated heterocycles. The smallest absolute Gasteiger partial charge is 0.169 e. The Morgan fingerprint density at radius 1 is 1.31 bits per heavy atom. The molecule has 0 spiro atoms. The standard InChI is InChI=1S/C10H15NO4S/c12-8-1-5-11-6-2-10(3-7-11)4-9-16(13,14)15/h2-3,6-7,12H,1,4-5,8-9H2. The summed E-state index contributed by atoms with van der Waals surface area (Å²) >= 11 is 0. The molecule has 0 radical (unpaired) electrons. The van der Waals surface area contributed by atoms with Crippen molar-refractivity contribution < 1.29 is 22.6 Å². The first-order valence-electron chi connectivity index (χ1n) is 5.04. The molecule has 0 saturated carbocycles. The van der Waals surface area contributed by atoms with Gasteiger partial charge in [0.2, 0.25) is 0 Å². The summed E-state index contributed by atoms with van der Waals surface area (Å²) in [5.74, 6) is -0.367. The zero-order valence-electron chi connectivity index (χ0n) is 8.87. The van der Waals surface area contributed by atoms with Crippen LogP contribution in [0.2, 0.25) is 0 Å². The molecule has 0 aliphatic carbocycles. The number of aliphatic hydroxyl groups is 1. The number of aromatic nitrogens is 1. The summed E-state index contributed by atoms with van der Waals surface area (Å²) < 4.78 is 33.2. The van der Waals surface area contributed by atoms with Gasteiger partial charge in [-0.1, -0.05) is 0 Å². The second kappa shape index (κ2) is 5.93. The maximum atomic E-state index is 10.4. The number of hydrogen-bond donors (Lipinski definition) is 1. The van der Waals surface area contributed by atoms with Crippen LogP contribution in [-0.2, 0) is 23.1 Å². The molecule has 0 fully saturated rings. The second-order valence-electron chi connectivity index (χ2n) is 3.53. The van der Waals surface area contributed by atoms with E-state index in [0.29, 0.717) is 6.42 Å². The number of hydrogen-bond acceptors (Lipinski definition) is 4. The van der Waals surface area contributed by atoms with E-state index in [-0.39, 0.29) is 18.8 Å². The maximum Gasteiger partial charge on any atom is 0.169 e. The van der Waals surface area contributed by atoms with Crippen LogP contribution in [0.1, 0.15) is 12.0 Å². The molecular formula is C10H15NO4S. The molecule has 1 aromatic heterocycles. The van der Waals surface area contributed by atoms with Gasteiger partial charge in [-0.25, -0.2) is 13.0 Å². The molecule has 0 amide bonds. The van der Waals surface area contributed by atoms with E-state index in [1.807, 2.05) is 17.0 Å². The lowest BCUT2D eigenvalue weighted by Crippen LogP contribution is -2.33. The van der Waals surface area contributed by atoms with Crippen LogP contribution in [0.4, 0.5) is 0 Å². The summed E-state index contributed by atoms with van der Waals surface area (Å²) in [5.41, 5.74) is 0.819. The minimum absolute atomic E-state index is 0.142. The van der Waals surface area contributed by atoms with Crippen molar-refractivity contribution in [1.29, 1.82) is 0 Å². The van der Waals surface area contributed by atoms with Gasteiger partial charge >= 0.3 is 0 Å². The molecule has 16 heavy (non-hydrogen) atoms. The highest BCUT2D eigenvalue weighted by atomic mass is 32.2. The van der Waals surface area contributed by atoms with E-state index in [9.17, 15) is 13.0 Å². The first kappa shape index (κ1) is 13.1. The first-order valence-corrected chi connectivity index (χ1v) is 6.61. The lowest BCUT2D eigenvalue weighted by atomic mass is 10.2. The number of aryl methyl sites for hydroxylation is 2. The van der Waals surface area contributed by atoms with Gasteiger partial charge in [-0.05, 0) is 12.0 Å². The Hall–Kier alpha value is -0.980. The fourth-order valence-corrected chi connectivity index (χ4v) is 1.79. The molecule has 0 unspecified atom stereocenters. The van der Waals surface area contributed by atoms with Gasteiger partial charge in [-0.3, -0.25) is 0 Å². The third-order valence-corrected chi connectivity index (χ3v) is 2.88. The van der Waals surface area contributed by atoms with Crippen molar-refractivity contribution in [3.05, 3.63) is 30.1 Å². The summed E-state index contributed by atoms with van der Waals surface area (Å²) in [5, 5.41) is 8.64. The molecule has 1 aromatic rings. The zero-order chi connectivity index (χ0) is 12.0. The van der Waals surface area contributed by atoms with Crippen LogP contribution in [0.25, 0.3) is 0 Å². The average molecular weight is 245 g/mol. The normalized spacial score (nSPS) is 11.6. The SMILES string of the molecule is O=S(=O)([O-])CCc1cc[n+](CCCO)cc1. The van der Waals surface area contributed by atoms with Crippen LogP contribution in [0.15, 0.2) is 24.5 Å². The summed E-state index contributed by atoms with van der Waals surface area (Å²) in [7, 11) is -4.14. The van der Waals surface area contributed by atoms with Crippen LogP contribution in [0, 0.1) is 0 Å². The molecule has 0 aromatic carbocycles. The highest BCUT2D eigenvalue weighted by Gasteiger charge is 2.02. The van der Waals surface area contributed by atoms with Gasteiger partial charge in [0.1, 0.15) is 0 Å². The molecule has 90 valence electrons. The Balaban J connectivity index is 2.51. The van der Waals surface area contributed by atoms with Gasteiger partial charge in [-0.15, -0.1) is 0 Å². The average Bonchev–Trinajstić information content (AvgIpc) is 2.24. The highest BCUT2D eigenvalue weighted by molar-refractivity contribution is 7.85. The first-order chi connectivity index (χ1) is 7.51. The van der Waals surface area contributed by atoms with E-state index in [2.05, 4.69) is 0 Å². The highest BCUT2D eigenvalue weighted by Crippen LogP contribution is 1.99. The van der Waals surface area contributed by atoms with E-state index in [0.717, 1.165) is 12.1 Å². The number of rotatable bonds is 6. The summed E-state index contributed by atoms with van der Waals surface area (Å²) in [6, 6.07) is 3.56. The van der Waals surface area contributed by atoms with E-state index in [1.165, 1.54) is 0 Å². The number of nitrogens with zero attached hydrogens (tertiary/aromatic N) is 1. The summed E-state index contributed by atoms with van der Waals surface area (Å²) in [6.45, 7) is 0.861. The topological polar surface area (TPSA) is 81.3 Å².